The van der Waals surface area contributed by atoms with Crippen LogP contribution in [0.3, 0.4) is 0 Å². The van der Waals surface area contributed by atoms with Crippen LogP contribution in [0.1, 0.15) is 31.9 Å². The van der Waals surface area contributed by atoms with Gasteiger partial charge >= 0.3 is 0 Å². The molecule has 1 rings (SSSR count). The minimum Gasteiger partial charge on any atom is -0.354 e. The second-order valence-electron chi connectivity index (χ2n) is 4.56. The summed E-state index contributed by atoms with van der Waals surface area (Å²) in [5.74, 6) is -0.106. The van der Waals surface area contributed by atoms with E-state index >= 15 is 0 Å². The Morgan fingerprint density at radius 2 is 1.89 bits per heavy atom. The molecule has 106 valence electrons. The molecule has 0 heterocycles. The Morgan fingerprint density at radius 3 is 2.47 bits per heavy atom. The summed E-state index contributed by atoms with van der Waals surface area (Å²) in [6.07, 6.45) is 0.953. The van der Waals surface area contributed by atoms with E-state index in [0.717, 1.165) is 31.6 Å². The number of carbonyl (C=O) groups is 1. The zero-order valence-corrected chi connectivity index (χ0v) is 11.9. The quantitative estimate of drug-likeness (QED) is 0.699. The molecular formula is C15H25N3O. The van der Waals surface area contributed by atoms with E-state index in [0.29, 0.717) is 6.54 Å². The molecule has 0 aliphatic rings. The third-order valence-corrected chi connectivity index (χ3v) is 3.29. The van der Waals surface area contributed by atoms with Crippen molar-refractivity contribution in [1.29, 1.82) is 0 Å². The molecule has 4 heteroatoms. The van der Waals surface area contributed by atoms with Crippen LogP contribution in [-0.4, -0.2) is 37.0 Å². The number of hydrogen-bond acceptors (Lipinski definition) is 3. The molecule has 4 nitrogen and oxygen atoms in total. The maximum absolute atomic E-state index is 11.9. The van der Waals surface area contributed by atoms with Gasteiger partial charge in [-0.2, -0.15) is 0 Å². The molecule has 1 aromatic rings. The van der Waals surface area contributed by atoms with Gasteiger partial charge in [0.05, 0.1) is 0 Å². The van der Waals surface area contributed by atoms with E-state index in [4.69, 9.17) is 5.73 Å². The van der Waals surface area contributed by atoms with Crippen molar-refractivity contribution in [2.24, 2.45) is 5.73 Å². The SMILES string of the molecule is CCN(CC)CCCNC(=O)[C@H](N)c1ccccc1. The van der Waals surface area contributed by atoms with Gasteiger partial charge in [0.1, 0.15) is 6.04 Å². The van der Waals surface area contributed by atoms with Crippen LogP contribution >= 0.6 is 0 Å². The average molecular weight is 263 g/mol. The summed E-state index contributed by atoms with van der Waals surface area (Å²) in [6.45, 7) is 8.08. The van der Waals surface area contributed by atoms with Crippen molar-refractivity contribution in [1.82, 2.24) is 10.2 Å². The molecule has 19 heavy (non-hydrogen) atoms. The Morgan fingerprint density at radius 1 is 1.26 bits per heavy atom. The zero-order chi connectivity index (χ0) is 14.1. The molecule has 0 fully saturated rings. The van der Waals surface area contributed by atoms with Gasteiger partial charge in [0.2, 0.25) is 5.91 Å². The maximum Gasteiger partial charge on any atom is 0.241 e. The number of nitrogens with zero attached hydrogens (tertiary/aromatic N) is 1. The van der Waals surface area contributed by atoms with E-state index in [2.05, 4.69) is 24.1 Å². The van der Waals surface area contributed by atoms with Gasteiger partial charge in [-0.3, -0.25) is 4.79 Å². The minimum absolute atomic E-state index is 0.106. The molecule has 0 saturated carbocycles. The molecule has 0 radical (unpaired) electrons. The summed E-state index contributed by atoms with van der Waals surface area (Å²) >= 11 is 0. The Kier molecular flexibility index (Phi) is 7.15. The number of nitrogens with one attached hydrogen (secondary N) is 1. The van der Waals surface area contributed by atoms with Gasteiger partial charge < -0.3 is 16.0 Å². The predicted molar refractivity (Wildman–Crippen MR) is 78.8 cm³/mol. The zero-order valence-electron chi connectivity index (χ0n) is 11.9. The van der Waals surface area contributed by atoms with E-state index in [1.165, 1.54) is 0 Å². The molecule has 1 atom stereocenters. The van der Waals surface area contributed by atoms with Crippen LogP contribution in [0.4, 0.5) is 0 Å². The molecular weight excluding hydrogens is 238 g/mol. The fraction of sp³-hybridized carbons (Fsp3) is 0.533. The topological polar surface area (TPSA) is 58.4 Å². The number of carbonyl (C=O) groups excluding carboxylic acids is 1. The highest BCUT2D eigenvalue weighted by Gasteiger charge is 2.14. The van der Waals surface area contributed by atoms with Crippen LogP contribution in [-0.2, 0) is 4.79 Å². The van der Waals surface area contributed by atoms with Gasteiger partial charge in [-0.05, 0) is 31.6 Å². The molecule has 0 aliphatic carbocycles. The predicted octanol–water partition coefficient (Wildman–Crippen LogP) is 1.53. The van der Waals surface area contributed by atoms with Crippen molar-refractivity contribution in [3.05, 3.63) is 35.9 Å². The maximum atomic E-state index is 11.9. The van der Waals surface area contributed by atoms with E-state index < -0.39 is 6.04 Å². The standard InChI is InChI=1S/C15H25N3O/c1-3-18(4-2)12-8-11-17-15(19)14(16)13-9-6-5-7-10-13/h5-7,9-10,14H,3-4,8,11-12,16H2,1-2H3,(H,17,19)/t14-/m1/s1. The number of amides is 1. The first-order valence-corrected chi connectivity index (χ1v) is 6.99. The van der Waals surface area contributed by atoms with Crippen molar-refractivity contribution in [2.45, 2.75) is 26.3 Å². The summed E-state index contributed by atoms with van der Waals surface area (Å²) in [5.41, 5.74) is 6.76. The molecule has 0 aliphatic heterocycles. The molecule has 0 spiro atoms. The summed E-state index contributed by atoms with van der Waals surface area (Å²) in [4.78, 5) is 14.2. The number of hydrogen-bond donors (Lipinski definition) is 2. The lowest BCUT2D eigenvalue weighted by Gasteiger charge is -2.18. The molecule has 0 unspecified atom stereocenters. The summed E-state index contributed by atoms with van der Waals surface area (Å²) < 4.78 is 0. The fourth-order valence-electron chi connectivity index (χ4n) is 1.98. The van der Waals surface area contributed by atoms with Gasteiger partial charge in [0, 0.05) is 6.54 Å². The highest BCUT2D eigenvalue weighted by atomic mass is 16.2. The number of benzene rings is 1. The Balaban J connectivity index is 2.28. The van der Waals surface area contributed by atoms with Crippen LogP contribution < -0.4 is 11.1 Å². The highest BCUT2D eigenvalue weighted by Crippen LogP contribution is 2.08. The molecule has 1 aromatic carbocycles. The first-order valence-electron chi connectivity index (χ1n) is 6.99. The monoisotopic (exact) mass is 263 g/mol. The van der Waals surface area contributed by atoms with Gasteiger partial charge in [-0.15, -0.1) is 0 Å². The second kappa shape index (κ2) is 8.67. The number of nitrogens with two attached hydrogens (primary N) is 1. The average Bonchev–Trinajstić information content (AvgIpc) is 2.47. The van der Waals surface area contributed by atoms with Crippen molar-refractivity contribution in [3.63, 3.8) is 0 Å². The molecule has 0 saturated heterocycles. The lowest BCUT2D eigenvalue weighted by Crippen LogP contribution is -2.36. The van der Waals surface area contributed by atoms with Gasteiger partial charge in [-0.1, -0.05) is 44.2 Å². The lowest BCUT2D eigenvalue weighted by molar-refractivity contribution is -0.122. The largest absolute Gasteiger partial charge is 0.354 e. The highest BCUT2D eigenvalue weighted by molar-refractivity contribution is 5.82. The summed E-state index contributed by atoms with van der Waals surface area (Å²) in [7, 11) is 0. The van der Waals surface area contributed by atoms with Crippen LogP contribution in [0.5, 0.6) is 0 Å². The van der Waals surface area contributed by atoms with Gasteiger partial charge in [-0.25, -0.2) is 0 Å². The first kappa shape index (κ1) is 15.7. The van der Waals surface area contributed by atoms with E-state index in [9.17, 15) is 4.79 Å². The first-order chi connectivity index (χ1) is 9.19. The van der Waals surface area contributed by atoms with Crippen molar-refractivity contribution >= 4 is 5.91 Å². The van der Waals surface area contributed by atoms with E-state index in [-0.39, 0.29) is 5.91 Å². The Labute approximate surface area is 116 Å². The normalized spacial score (nSPS) is 12.4. The fourth-order valence-corrected chi connectivity index (χ4v) is 1.98. The van der Waals surface area contributed by atoms with E-state index in [1.54, 1.807) is 0 Å². The van der Waals surface area contributed by atoms with Crippen LogP contribution in [0, 0.1) is 0 Å². The third kappa shape index (κ3) is 5.41. The van der Waals surface area contributed by atoms with Crippen molar-refractivity contribution < 1.29 is 4.79 Å². The number of rotatable bonds is 8. The molecule has 1 amide bonds. The van der Waals surface area contributed by atoms with Crippen LogP contribution in [0.15, 0.2) is 30.3 Å². The van der Waals surface area contributed by atoms with Crippen LogP contribution in [0.25, 0.3) is 0 Å². The molecule has 0 bridgehead atoms. The second-order valence-corrected chi connectivity index (χ2v) is 4.56. The third-order valence-electron chi connectivity index (χ3n) is 3.29. The van der Waals surface area contributed by atoms with Crippen molar-refractivity contribution in [2.75, 3.05) is 26.2 Å². The Hall–Kier alpha value is -1.39. The smallest absolute Gasteiger partial charge is 0.241 e. The van der Waals surface area contributed by atoms with Crippen molar-refractivity contribution in [3.8, 4) is 0 Å². The minimum atomic E-state index is -0.574. The molecule has 0 aromatic heterocycles. The lowest BCUT2D eigenvalue weighted by atomic mass is 10.1. The van der Waals surface area contributed by atoms with E-state index in [1.807, 2.05) is 30.3 Å². The molecule has 3 N–H and O–H groups in total. The van der Waals surface area contributed by atoms with Gasteiger partial charge in [0.15, 0.2) is 0 Å². The summed E-state index contributed by atoms with van der Waals surface area (Å²) in [6, 6.07) is 8.87. The van der Waals surface area contributed by atoms with Gasteiger partial charge in [0.25, 0.3) is 0 Å². The Bertz CT molecular complexity index is 363. The van der Waals surface area contributed by atoms with Crippen LogP contribution in [0.2, 0.25) is 0 Å². The summed E-state index contributed by atoms with van der Waals surface area (Å²) in [5, 5.41) is 2.89.